The molecule has 1 aromatic carbocycles. The van der Waals surface area contributed by atoms with Crippen molar-refractivity contribution in [3.05, 3.63) is 47.6 Å². The molecular formula is C20H22N4O2S. The Morgan fingerprint density at radius 3 is 2.85 bits per heavy atom. The average Bonchev–Trinajstić information content (AvgIpc) is 3.31. The smallest absolute Gasteiger partial charge is 0.411 e. The topological polar surface area (TPSA) is 67.3 Å². The molecule has 6 nitrogen and oxygen atoms in total. The van der Waals surface area contributed by atoms with Crippen molar-refractivity contribution in [2.45, 2.75) is 32.3 Å². The van der Waals surface area contributed by atoms with Gasteiger partial charge in [-0.25, -0.2) is 14.8 Å². The minimum atomic E-state index is -0.414. The van der Waals surface area contributed by atoms with E-state index in [9.17, 15) is 4.79 Å². The number of fused-ring (bicyclic) bond motifs is 1. The molecule has 0 saturated carbocycles. The zero-order valence-corrected chi connectivity index (χ0v) is 16.2. The zero-order chi connectivity index (χ0) is 18.8. The summed E-state index contributed by atoms with van der Waals surface area (Å²) in [6, 6.07) is 9.91. The molecule has 2 aromatic heterocycles. The number of hydrogen-bond acceptors (Lipinski definition) is 6. The number of benzene rings is 1. The van der Waals surface area contributed by atoms with Gasteiger partial charge in [0.2, 0.25) is 0 Å². The van der Waals surface area contributed by atoms with E-state index in [2.05, 4.69) is 34.0 Å². The van der Waals surface area contributed by atoms with Crippen LogP contribution >= 0.6 is 11.3 Å². The standard InChI is InChI=1S/C20H22N4O2S/c1-13(2)14-3-5-15(6-4-14)23-20(25)26-16-7-9-24(11-16)18-17-8-10-27-19(17)22-12-21-18/h3-6,8,10,12-13,16H,7,9,11H2,1-2H3,(H,23,25). The van der Waals surface area contributed by atoms with E-state index in [1.807, 2.05) is 35.7 Å². The highest BCUT2D eigenvalue weighted by molar-refractivity contribution is 7.16. The predicted molar refractivity (Wildman–Crippen MR) is 109 cm³/mol. The number of thiophene rings is 1. The second kappa shape index (κ2) is 7.52. The van der Waals surface area contributed by atoms with E-state index in [4.69, 9.17) is 4.74 Å². The molecule has 1 N–H and O–H groups in total. The second-order valence-corrected chi connectivity index (χ2v) is 7.89. The van der Waals surface area contributed by atoms with Crippen molar-refractivity contribution in [3.8, 4) is 0 Å². The first-order valence-electron chi connectivity index (χ1n) is 9.11. The van der Waals surface area contributed by atoms with E-state index in [-0.39, 0.29) is 6.10 Å². The lowest BCUT2D eigenvalue weighted by Crippen LogP contribution is -2.27. The number of nitrogens with one attached hydrogen (secondary N) is 1. The highest BCUT2D eigenvalue weighted by Crippen LogP contribution is 2.29. The lowest BCUT2D eigenvalue weighted by molar-refractivity contribution is 0.122. The monoisotopic (exact) mass is 382 g/mol. The summed E-state index contributed by atoms with van der Waals surface area (Å²) in [5, 5.41) is 5.88. The summed E-state index contributed by atoms with van der Waals surface area (Å²) in [5.74, 6) is 1.38. The minimum absolute atomic E-state index is 0.149. The van der Waals surface area contributed by atoms with E-state index in [1.165, 1.54) is 5.56 Å². The van der Waals surface area contributed by atoms with Gasteiger partial charge >= 0.3 is 6.09 Å². The van der Waals surface area contributed by atoms with Crippen LogP contribution in [-0.2, 0) is 4.74 Å². The van der Waals surface area contributed by atoms with Crippen LogP contribution in [0.5, 0.6) is 0 Å². The Balaban J connectivity index is 1.35. The summed E-state index contributed by atoms with van der Waals surface area (Å²) in [6.07, 6.45) is 1.82. The number of nitrogens with zero attached hydrogens (tertiary/aromatic N) is 3. The van der Waals surface area contributed by atoms with Crippen LogP contribution in [-0.4, -0.2) is 35.3 Å². The molecule has 0 radical (unpaired) electrons. The molecule has 0 aliphatic carbocycles. The van der Waals surface area contributed by atoms with Gasteiger partial charge in [-0.3, -0.25) is 5.32 Å². The van der Waals surface area contributed by atoms with Crippen molar-refractivity contribution in [3.63, 3.8) is 0 Å². The molecule has 1 saturated heterocycles. The maximum Gasteiger partial charge on any atom is 0.411 e. The Morgan fingerprint density at radius 1 is 1.26 bits per heavy atom. The number of anilines is 2. The van der Waals surface area contributed by atoms with E-state index in [0.29, 0.717) is 12.5 Å². The van der Waals surface area contributed by atoms with Crippen molar-refractivity contribution in [1.82, 2.24) is 9.97 Å². The highest BCUT2D eigenvalue weighted by atomic mass is 32.1. The number of amides is 1. The van der Waals surface area contributed by atoms with Crippen LogP contribution in [0.2, 0.25) is 0 Å². The van der Waals surface area contributed by atoms with Crippen LogP contribution in [0.15, 0.2) is 42.0 Å². The Kier molecular flexibility index (Phi) is 4.94. The second-order valence-electron chi connectivity index (χ2n) is 7.00. The fraction of sp³-hybridized carbons (Fsp3) is 0.350. The number of hydrogen-bond donors (Lipinski definition) is 1. The zero-order valence-electron chi connectivity index (χ0n) is 15.4. The molecule has 140 valence electrons. The maximum absolute atomic E-state index is 12.2. The molecule has 3 heterocycles. The van der Waals surface area contributed by atoms with Crippen LogP contribution in [0.1, 0.15) is 31.7 Å². The molecule has 7 heteroatoms. The number of aromatic nitrogens is 2. The molecule has 0 spiro atoms. The number of carbonyl (C=O) groups excluding carboxylic acids is 1. The van der Waals surface area contributed by atoms with Crippen LogP contribution < -0.4 is 10.2 Å². The molecule has 1 amide bonds. The molecule has 27 heavy (non-hydrogen) atoms. The third kappa shape index (κ3) is 3.88. The summed E-state index contributed by atoms with van der Waals surface area (Å²) in [4.78, 5) is 24.1. The van der Waals surface area contributed by atoms with Crippen molar-refractivity contribution in [1.29, 1.82) is 0 Å². The Bertz CT molecular complexity index is 939. The fourth-order valence-electron chi connectivity index (χ4n) is 3.30. The van der Waals surface area contributed by atoms with Gasteiger partial charge in [-0.1, -0.05) is 26.0 Å². The number of rotatable bonds is 4. The van der Waals surface area contributed by atoms with Crippen molar-refractivity contribution in [2.75, 3.05) is 23.3 Å². The summed E-state index contributed by atoms with van der Waals surface area (Å²) < 4.78 is 5.61. The van der Waals surface area contributed by atoms with Gasteiger partial charge in [0, 0.05) is 18.7 Å². The van der Waals surface area contributed by atoms with Crippen molar-refractivity contribution >= 4 is 39.2 Å². The summed E-state index contributed by atoms with van der Waals surface area (Å²) in [6.45, 7) is 5.73. The van der Waals surface area contributed by atoms with Gasteiger partial charge in [-0.2, -0.15) is 0 Å². The Hall–Kier alpha value is -2.67. The first kappa shape index (κ1) is 17.7. The van der Waals surface area contributed by atoms with Gasteiger partial charge in [0.15, 0.2) is 0 Å². The normalized spacial score (nSPS) is 16.9. The van der Waals surface area contributed by atoms with Crippen LogP contribution in [0, 0.1) is 0 Å². The minimum Gasteiger partial charge on any atom is -0.444 e. The predicted octanol–water partition coefficient (Wildman–Crippen LogP) is 4.64. The van der Waals surface area contributed by atoms with Gasteiger partial charge in [0.1, 0.15) is 23.1 Å². The van der Waals surface area contributed by atoms with E-state index in [1.54, 1.807) is 17.7 Å². The molecule has 3 aromatic rings. The molecule has 1 aliphatic rings. The SMILES string of the molecule is CC(C)c1ccc(NC(=O)OC2CCN(c3ncnc4sccc34)C2)cc1. The molecule has 4 rings (SSSR count). The molecule has 1 fully saturated rings. The quantitative estimate of drug-likeness (QED) is 0.712. The molecule has 1 atom stereocenters. The third-order valence-corrected chi connectivity index (χ3v) is 5.60. The van der Waals surface area contributed by atoms with Gasteiger partial charge in [-0.15, -0.1) is 11.3 Å². The van der Waals surface area contributed by atoms with Crippen LogP contribution in [0.25, 0.3) is 10.2 Å². The summed E-state index contributed by atoms with van der Waals surface area (Å²) >= 11 is 1.60. The van der Waals surface area contributed by atoms with E-state index < -0.39 is 6.09 Å². The lowest BCUT2D eigenvalue weighted by atomic mass is 10.0. The number of carbonyl (C=O) groups is 1. The largest absolute Gasteiger partial charge is 0.444 e. The Labute approximate surface area is 162 Å². The highest BCUT2D eigenvalue weighted by Gasteiger charge is 2.28. The first-order chi connectivity index (χ1) is 13.1. The van der Waals surface area contributed by atoms with E-state index >= 15 is 0 Å². The summed E-state index contributed by atoms with van der Waals surface area (Å²) in [5.41, 5.74) is 1.99. The van der Waals surface area contributed by atoms with Crippen LogP contribution in [0.4, 0.5) is 16.3 Å². The first-order valence-corrected chi connectivity index (χ1v) is 9.99. The fourth-order valence-corrected chi connectivity index (χ4v) is 4.02. The molecule has 0 bridgehead atoms. The Morgan fingerprint density at radius 2 is 2.07 bits per heavy atom. The van der Waals surface area contributed by atoms with Gasteiger partial charge in [0.05, 0.1) is 11.9 Å². The van der Waals surface area contributed by atoms with E-state index in [0.717, 1.165) is 34.7 Å². The number of ether oxygens (including phenoxy) is 1. The molecular weight excluding hydrogens is 360 g/mol. The lowest BCUT2D eigenvalue weighted by Gasteiger charge is -2.18. The van der Waals surface area contributed by atoms with Gasteiger partial charge < -0.3 is 9.64 Å². The van der Waals surface area contributed by atoms with Crippen molar-refractivity contribution in [2.24, 2.45) is 0 Å². The summed E-state index contributed by atoms with van der Waals surface area (Å²) in [7, 11) is 0. The van der Waals surface area contributed by atoms with Gasteiger partial charge in [0.25, 0.3) is 0 Å². The third-order valence-electron chi connectivity index (χ3n) is 4.78. The molecule has 1 aliphatic heterocycles. The maximum atomic E-state index is 12.2. The van der Waals surface area contributed by atoms with Crippen molar-refractivity contribution < 1.29 is 9.53 Å². The molecule has 1 unspecified atom stereocenters. The van der Waals surface area contributed by atoms with Crippen LogP contribution in [0.3, 0.4) is 0 Å². The van der Waals surface area contributed by atoms with Gasteiger partial charge in [-0.05, 0) is 35.1 Å². The average molecular weight is 382 g/mol.